The molecule has 15 heavy (non-hydrogen) atoms. The van der Waals surface area contributed by atoms with Crippen molar-refractivity contribution in [2.24, 2.45) is 0 Å². The van der Waals surface area contributed by atoms with Crippen LogP contribution < -0.4 is 10.5 Å². The van der Waals surface area contributed by atoms with Gasteiger partial charge in [-0.25, -0.2) is 4.79 Å². The molecule has 0 amide bonds. The van der Waals surface area contributed by atoms with E-state index in [0.717, 1.165) is 0 Å². The van der Waals surface area contributed by atoms with Crippen molar-refractivity contribution in [2.75, 3.05) is 12.8 Å². The largest absolute Gasteiger partial charge is 0.495 e. The predicted molar refractivity (Wildman–Crippen MR) is 56.2 cm³/mol. The molecule has 1 heterocycles. The van der Waals surface area contributed by atoms with Crippen LogP contribution in [0.15, 0.2) is 18.2 Å². The molecule has 0 atom stereocenters. The molecule has 2 rings (SSSR count). The minimum Gasteiger partial charge on any atom is -0.495 e. The third kappa shape index (κ3) is 1.28. The van der Waals surface area contributed by atoms with Crippen LogP contribution in [0.1, 0.15) is 10.5 Å². The van der Waals surface area contributed by atoms with Gasteiger partial charge in [-0.2, -0.15) is 0 Å². The maximum Gasteiger partial charge on any atom is 0.354 e. The summed E-state index contributed by atoms with van der Waals surface area (Å²) < 4.78 is 5.10. The number of H-pyrrole nitrogens is 1. The monoisotopic (exact) mass is 206 g/mol. The Kier molecular flexibility index (Phi) is 2.00. The van der Waals surface area contributed by atoms with Crippen LogP contribution >= 0.6 is 0 Å². The second kappa shape index (κ2) is 3.20. The van der Waals surface area contributed by atoms with Gasteiger partial charge in [0.15, 0.2) is 0 Å². The summed E-state index contributed by atoms with van der Waals surface area (Å²) in [4.78, 5) is 13.6. The molecule has 0 fully saturated rings. The highest BCUT2D eigenvalue weighted by Gasteiger charge is 2.16. The van der Waals surface area contributed by atoms with Crippen molar-refractivity contribution < 1.29 is 14.6 Å². The molecule has 0 saturated heterocycles. The number of fused-ring (bicyclic) bond motifs is 1. The lowest BCUT2D eigenvalue weighted by Gasteiger charge is -1.99. The van der Waals surface area contributed by atoms with Crippen molar-refractivity contribution in [3.05, 3.63) is 23.9 Å². The minimum absolute atomic E-state index is 0.00509. The van der Waals surface area contributed by atoms with Crippen molar-refractivity contribution in [1.29, 1.82) is 0 Å². The molecule has 0 aliphatic rings. The van der Waals surface area contributed by atoms with Gasteiger partial charge in [-0.1, -0.05) is 12.1 Å². The van der Waals surface area contributed by atoms with E-state index in [1.807, 2.05) is 0 Å². The number of hydrogen-bond donors (Lipinski definition) is 3. The van der Waals surface area contributed by atoms with Gasteiger partial charge in [0, 0.05) is 5.39 Å². The molecule has 2 aromatic rings. The van der Waals surface area contributed by atoms with Crippen molar-refractivity contribution in [3.8, 4) is 5.75 Å². The maximum atomic E-state index is 10.8. The first-order chi connectivity index (χ1) is 7.15. The van der Waals surface area contributed by atoms with Crippen LogP contribution in [-0.2, 0) is 0 Å². The van der Waals surface area contributed by atoms with Gasteiger partial charge in [0.1, 0.15) is 11.4 Å². The second-order valence-electron chi connectivity index (χ2n) is 3.10. The Morgan fingerprint density at radius 2 is 2.27 bits per heavy atom. The van der Waals surface area contributed by atoms with Crippen LogP contribution in [-0.4, -0.2) is 23.2 Å². The molecule has 0 spiro atoms. The zero-order chi connectivity index (χ0) is 11.0. The van der Waals surface area contributed by atoms with Crippen LogP contribution in [0.2, 0.25) is 0 Å². The number of nitrogens with two attached hydrogens (primary N) is 1. The van der Waals surface area contributed by atoms with Gasteiger partial charge < -0.3 is 20.6 Å². The lowest BCUT2D eigenvalue weighted by Crippen LogP contribution is -2.00. The van der Waals surface area contributed by atoms with E-state index in [0.29, 0.717) is 16.7 Å². The molecule has 0 unspecified atom stereocenters. The summed E-state index contributed by atoms with van der Waals surface area (Å²) in [5.74, 6) is -0.502. The molecule has 1 aromatic heterocycles. The summed E-state index contributed by atoms with van der Waals surface area (Å²) in [5, 5.41) is 9.54. The molecular formula is C10H10N2O3. The van der Waals surface area contributed by atoms with E-state index in [1.165, 1.54) is 7.11 Å². The zero-order valence-corrected chi connectivity index (χ0v) is 8.07. The van der Waals surface area contributed by atoms with Crippen LogP contribution in [0.4, 0.5) is 5.69 Å². The first-order valence-corrected chi connectivity index (χ1v) is 4.32. The number of carboxylic acids is 1. The number of ether oxygens (including phenoxy) is 1. The summed E-state index contributed by atoms with van der Waals surface area (Å²) in [7, 11) is 1.52. The van der Waals surface area contributed by atoms with Crippen LogP contribution in [0.5, 0.6) is 5.75 Å². The molecule has 4 N–H and O–H groups in total. The normalized spacial score (nSPS) is 10.5. The van der Waals surface area contributed by atoms with Crippen molar-refractivity contribution in [3.63, 3.8) is 0 Å². The molecule has 78 valence electrons. The van der Waals surface area contributed by atoms with Gasteiger partial charge in [0.25, 0.3) is 0 Å². The highest BCUT2D eigenvalue weighted by atomic mass is 16.5. The molecule has 0 bridgehead atoms. The minimum atomic E-state index is -1.08. The third-order valence-corrected chi connectivity index (χ3v) is 2.27. The summed E-state index contributed by atoms with van der Waals surface area (Å²) in [5.41, 5.74) is 6.53. The van der Waals surface area contributed by atoms with E-state index < -0.39 is 5.97 Å². The Morgan fingerprint density at radius 1 is 1.53 bits per heavy atom. The van der Waals surface area contributed by atoms with Crippen molar-refractivity contribution >= 4 is 22.6 Å². The molecule has 5 heteroatoms. The number of para-hydroxylation sites is 1. The zero-order valence-electron chi connectivity index (χ0n) is 8.07. The molecule has 0 aliphatic carbocycles. The number of carboxylic acid groups (broad SMARTS) is 1. The summed E-state index contributed by atoms with van der Waals surface area (Å²) >= 11 is 0. The summed E-state index contributed by atoms with van der Waals surface area (Å²) in [6.07, 6.45) is 0. The van der Waals surface area contributed by atoms with E-state index >= 15 is 0 Å². The Labute approximate surface area is 85.5 Å². The first-order valence-electron chi connectivity index (χ1n) is 4.32. The number of methoxy groups -OCH3 is 1. The summed E-state index contributed by atoms with van der Waals surface area (Å²) in [6.45, 7) is 0. The van der Waals surface area contributed by atoms with E-state index in [9.17, 15) is 4.79 Å². The average Bonchev–Trinajstić information content (AvgIpc) is 2.56. The van der Waals surface area contributed by atoms with E-state index in [-0.39, 0.29) is 11.4 Å². The number of benzene rings is 1. The lowest BCUT2D eigenvalue weighted by molar-refractivity contribution is 0.0692. The fourth-order valence-corrected chi connectivity index (χ4v) is 1.55. The van der Waals surface area contributed by atoms with Crippen LogP contribution in [0, 0.1) is 0 Å². The number of aromatic nitrogens is 1. The number of nitrogens with one attached hydrogen (secondary N) is 1. The fourth-order valence-electron chi connectivity index (χ4n) is 1.55. The van der Waals surface area contributed by atoms with Gasteiger partial charge in [0.05, 0.1) is 18.3 Å². The topological polar surface area (TPSA) is 88.3 Å². The Balaban J connectivity index is 2.81. The SMILES string of the molecule is COc1cccc2c(N)c(C(=O)O)[nH]c12. The standard InChI is InChI=1S/C10H10N2O3/c1-15-6-4-2-3-5-7(11)9(10(13)14)12-8(5)6/h2-4,12H,11H2,1H3,(H,13,14). The molecular weight excluding hydrogens is 196 g/mol. The van der Waals surface area contributed by atoms with Crippen LogP contribution in [0.3, 0.4) is 0 Å². The number of hydrogen-bond acceptors (Lipinski definition) is 3. The van der Waals surface area contributed by atoms with E-state index in [4.69, 9.17) is 15.6 Å². The Morgan fingerprint density at radius 3 is 2.87 bits per heavy atom. The molecule has 0 saturated carbocycles. The number of aromatic amines is 1. The van der Waals surface area contributed by atoms with Gasteiger partial charge in [-0.05, 0) is 6.07 Å². The Hall–Kier alpha value is -2.17. The molecule has 0 radical (unpaired) electrons. The molecule has 5 nitrogen and oxygen atoms in total. The van der Waals surface area contributed by atoms with E-state index in [2.05, 4.69) is 4.98 Å². The Bertz CT molecular complexity index is 531. The number of anilines is 1. The van der Waals surface area contributed by atoms with Crippen LogP contribution in [0.25, 0.3) is 10.9 Å². The van der Waals surface area contributed by atoms with Gasteiger partial charge >= 0.3 is 5.97 Å². The second-order valence-corrected chi connectivity index (χ2v) is 3.10. The summed E-state index contributed by atoms with van der Waals surface area (Å²) in [6, 6.07) is 5.25. The number of aromatic carboxylic acids is 1. The van der Waals surface area contributed by atoms with E-state index in [1.54, 1.807) is 18.2 Å². The highest BCUT2D eigenvalue weighted by molar-refractivity contribution is 6.06. The van der Waals surface area contributed by atoms with Gasteiger partial charge in [-0.3, -0.25) is 0 Å². The molecule has 0 aliphatic heterocycles. The molecule has 1 aromatic carbocycles. The quantitative estimate of drug-likeness (QED) is 0.694. The number of rotatable bonds is 2. The number of nitrogen functional groups attached to an aromatic ring is 1. The van der Waals surface area contributed by atoms with Gasteiger partial charge in [0.2, 0.25) is 0 Å². The third-order valence-electron chi connectivity index (χ3n) is 2.27. The lowest BCUT2D eigenvalue weighted by atomic mass is 10.2. The maximum absolute atomic E-state index is 10.8. The average molecular weight is 206 g/mol. The predicted octanol–water partition coefficient (Wildman–Crippen LogP) is 1.46. The smallest absolute Gasteiger partial charge is 0.354 e. The van der Waals surface area contributed by atoms with Gasteiger partial charge in [-0.15, -0.1) is 0 Å². The number of carbonyl (C=O) groups is 1. The fraction of sp³-hybridized carbons (Fsp3) is 0.100. The highest BCUT2D eigenvalue weighted by Crippen LogP contribution is 2.31. The van der Waals surface area contributed by atoms with Crippen molar-refractivity contribution in [2.45, 2.75) is 0 Å². The first kappa shape index (κ1) is 9.39. The van der Waals surface area contributed by atoms with Crippen molar-refractivity contribution in [1.82, 2.24) is 4.98 Å².